The smallest absolute Gasteiger partial charge is 0.263 e. The minimum absolute atomic E-state index is 0.179. The van der Waals surface area contributed by atoms with Crippen LogP contribution in [0.5, 0.6) is 5.75 Å². The molecule has 1 aromatic heterocycles. The van der Waals surface area contributed by atoms with Gasteiger partial charge in [-0.2, -0.15) is 4.98 Å². The fourth-order valence-corrected chi connectivity index (χ4v) is 2.64. The van der Waals surface area contributed by atoms with Crippen molar-refractivity contribution in [2.45, 2.75) is 19.6 Å². The van der Waals surface area contributed by atoms with E-state index in [0.717, 1.165) is 0 Å². The molecule has 3 rings (SSSR count). The maximum Gasteiger partial charge on any atom is 0.263 e. The molecule has 0 aliphatic heterocycles. The zero-order valence-corrected chi connectivity index (χ0v) is 15.2. The van der Waals surface area contributed by atoms with Crippen molar-refractivity contribution in [2.75, 3.05) is 7.05 Å². The van der Waals surface area contributed by atoms with E-state index in [0.29, 0.717) is 28.1 Å². The minimum atomic E-state index is -0.631. The number of aromatic nitrogens is 2. The molecule has 3 aromatic rings. The highest BCUT2D eigenvalue weighted by atomic mass is 35.5. The maximum absolute atomic E-state index is 12.5. The second-order valence-electron chi connectivity index (χ2n) is 5.76. The lowest BCUT2D eigenvalue weighted by molar-refractivity contribution is -0.137. The number of nitrogens with zero attached hydrogens (tertiary/aromatic N) is 3. The van der Waals surface area contributed by atoms with Crippen molar-refractivity contribution < 1.29 is 14.1 Å². The first-order valence-corrected chi connectivity index (χ1v) is 8.46. The van der Waals surface area contributed by atoms with Crippen molar-refractivity contribution in [3.05, 3.63) is 65.5 Å². The molecular weight excluding hydrogens is 354 g/mol. The molecule has 6 nitrogen and oxygen atoms in total. The van der Waals surface area contributed by atoms with E-state index in [2.05, 4.69) is 10.1 Å². The number of benzene rings is 2. The highest BCUT2D eigenvalue weighted by Gasteiger charge is 2.21. The summed E-state index contributed by atoms with van der Waals surface area (Å²) >= 11 is 6.14. The molecule has 0 saturated carbocycles. The molecule has 1 heterocycles. The fourth-order valence-electron chi connectivity index (χ4n) is 2.42. The Morgan fingerprint density at radius 3 is 2.62 bits per heavy atom. The van der Waals surface area contributed by atoms with Crippen molar-refractivity contribution in [1.29, 1.82) is 0 Å². The summed E-state index contributed by atoms with van der Waals surface area (Å²) in [5.41, 5.74) is 0.680. The zero-order chi connectivity index (χ0) is 18.5. The summed E-state index contributed by atoms with van der Waals surface area (Å²) in [5, 5.41) is 4.47. The minimum Gasteiger partial charge on any atom is -0.481 e. The number of halogens is 1. The van der Waals surface area contributed by atoms with E-state index in [1.165, 1.54) is 4.90 Å². The molecule has 0 fully saturated rings. The second kappa shape index (κ2) is 8.01. The van der Waals surface area contributed by atoms with Gasteiger partial charge >= 0.3 is 0 Å². The van der Waals surface area contributed by atoms with Crippen molar-refractivity contribution in [3.8, 4) is 17.1 Å². The van der Waals surface area contributed by atoms with E-state index >= 15 is 0 Å². The van der Waals surface area contributed by atoms with Crippen LogP contribution < -0.4 is 4.74 Å². The molecule has 0 spiro atoms. The van der Waals surface area contributed by atoms with Gasteiger partial charge in [-0.3, -0.25) is 4.79 Å². The van der Waals surface area contributed by atoms with E-state index < -0.39 is 6.10 Å². The average Bonchev–Trinajstić information content (AvgIpc) is 3.10. The van der Waals surface area contributed by atoms with Crippen LogP contribution in [0.2, 0.25) is 5.02 Å². The summed E-state index contributed by atoms with van der Waals surface area (Å²) in [6.07, 6.45) is -0.631. The van der Waals surface area contributed by atoms with Crippen LogP contribution in [0.15, 0.2) is 59.1 Å². The number of hydrogen-bond donors (Lipinski definition) is 0. The van der Waals surface area contributed by atoms with Crippen molar-refractivity contribution >= 4 is 17.5 Å². The van der Waals surface area contributed by atoms with Crippen LogP contribution in [0.1, 0.15) is 12.8 Å². The van der Waals surface area contributed by atoms with Gasteiger partial charge in [-0.15, -0.1) is 0 Å². The van der Waals surface area contributed by atoms with Gasteiger partial charge in [-0.25, -0.2) is 0 Å². The summed E-state index contributed by atoms with van der Waals surface area (Å²) in [6, 6.07) is 16.4. The highest BCUT2D eigenvalue weighted by Crippen LogP contribution is 2.25. The van der Waals surface area contributed by atoms with Gasteiger partial charge in [-0.05, 0) is 31.2 Å². The van der Waals surface area contributed by atoms with Crippen LogP contribution >= 0.6 is 11.6 Å². The molecule has 0 unspecified atom stereocenters. The number of amides is 1. The Morgan fingerprint density at radius 2 is 1.88 bits per heavy atom. The Balaban J connectivity index is 1.63. The maximum atomic E-state index is 12.5. The number of likely N-dealkylation sites (N-methyl/N-ethyl adjacent to an activating group) is 1. The van der Waals surface area contributed by atoms with Crippen molar-refractivity contribution in [2.24, 2.45) is 0 Å². The third-order valence-corrected chi connectivity index (χ3v) is 4.06. The quantitative estimate of drug-likeness (QED) is 0.659. The van der Waals surface area contributed by atoms with Gasteiger partial charge in [0.25, 0.3) is 5.91 Å². The van der Waals surface area contributed by atoms with E-state index in [4.69, 9.17) is 20.9 Å². The number of carbonyl (C=O) groups is 1. The third kappa shape index (κ3) is 4.21. The Morgan fingerprint density at radius 1 is 1.19 bits per heavy atom. The molecule has 0 saturated heterocycles. The Labute approximate surface area is 156 Å². The predicted octanol–water partition coefficient (Wildman–Crippen LogP) is 3.82. The van der Waals surface area contributed by atoms with Gasteiger partial charge in [0.05, 0.1) is 11.6 Å². The lowest BCUT2D eigenvalue weighted by Crippen LogP contribution is -2.37. The van der Waals surface area contributed by atoms with Crippen LogP contribution in [0.4, 0.5) is 0 Å². The van der Waals surface area contributed by atoms with E-state index in [-0.39, 0.29) is 12.5 Å². The molecule has 1 atom stereocenters. The Hall–Kier alpha value is -2.86. The molecule has 134 valence electrons. The standard InChI is InChI=1S/C19H18ClN3O3/c1-13(25-14-8-4-3-5-9-14)19(24)23(2)12-17-21-18(22-26-17)15-10-6-7-11-16(15)20/h3-11,13H,12H2,1-2H3/t13-/m0/s1. The largest absolute Gasteiger partial charge is 0.481 e. The molecule has 26 heavy (non-hydrogen) atoms. The average molecular weight is 372 g/mol. The number of rotatable bonds is 6. The SMILES string of the molecule is C[C@H](Oc1ccccc1)C(=O)N(C)Cc1nc(-c2ccccc2Cl)no1. The Bertz CT molecular complexity index is 883. The van der Waals surface area contributed by atoms with Crippen LogP contribution in [0.3, 0.4) is 0 Å². The second-order valence-corrected chi connectivity index (χ2v) is 6.17. The van der Waals surface area contributed by atoms with Crippen LogP contribution in [0.25, 0.3) is 11.4 Å². The summed E-state index contributed by atoms with van der Waals surface area (Å²) in [5.74, 6) is 1.16. The first-order valence-electron chi connectivity index (χ1n) is 8.09. The zero-order valence-electron chi connectivity index (χ0n) is 14.4. The van der Waals surface area contributed by atoms with Gasteiger partial charge in [0.2, 0.25) is 11.7 Å². The van der Waals surface area contributed by atoms with Crippen LogP contribution in [-0.2, 0) is 11.3 Å². The summed E-state index contributed by atoms with van der Waals surface area (Å²) < 4.78 is 10.9. The summed E-state index contributed by atoms with van der Waals surface area (Å²) in [7, 11) is 1.66. The number of carbonyl (C=O) groups excluding carboxylic acids is 1. The van der Waals surface area contributed by atoms with E-state index in [9.17, 15) is 4.79 Å². The van der Waals surface area contributed by atoms with Gasteiger partial charge in [0.1, 0.15) is 5.75 Å². The molecule has 0 radical (unpaired) electrons. The summed E-state index contributed by atoms with van der Waals surface area (Å²) in [6.45, 7) is 1.88. The molecule has 0 bridgehead atoms. The Kier molecular flexibility index (Phi) is 5.53. The molecular formula is C19H18ClN3O3. The van der Waals surface area contributed by atoms with Crippen molar-refractivity contribution in [1.82, 2.24) is 15.0 Å². The summed E-state index contributed by atoms with van der Waals surface area (Å²) in [4.78, 5) is 18.3. The lowest BCUT2D eigenvalue weighted by atomic mass is 10.2. The normalized spacial score (nSPS) is 11.8. The molecule has 2 aromatic carbocycles. The van der Waals surface area contributed by atoms with Crippen LogP contribution in [-0.4, -0.2) is 34.1 Å². The monoisotopic (exact) mass is 371 g/mol. The van der Waals surface area contributed by atoms with Gasteiger partial charge < -0.3 is 14.2 Å². The first-order chi connectivity index (χ1) is 12.5. The molecule has 1 amide bonds. The molecule has 0 N–H and O–H groups in total. The van der Waals surface area contributed by atoms with Crippen LogP contribution in [0, 0.1) is 0 Å². The van der Waals surface area contributed by atoms with Gasteiger partial charge in [0.15, 0.2) is 6.10 Å². The highest BCUT2D eigenvalue weighted by molar-refractivity contribution is 6.33. The fraction of sp³-hybridized carbons (Fsp3) is 0.211. The van der Waals surface area contributed by atoms with E-state index in [1.54, 1.807) is 32.2 Å². The van der Waals surface area contributed by atoms with Crippen molar-refractivity contribution in [3.63, 3.8) is 0 Å². The van der Waals surface area contributed by atoms with Gasteiger partial charge in [-0.1, -0.05) is 47.1 Å². The first kappa shape index (κ1) is 17.9. The lowest BCUT2D eigenvalue weighted by Gasteiger charge is -2.20. The number of para-hydroxylation sites is 1. The van der Waals surface area contributed by atoms with Gasteiger partial charge in [0, 0.05) is 12.6 Å². The predicted molar refractivity (Wildman–Crippen MR) is 97.8 cm³/mol. The number of ether oxygens (including phenoxy) is 1. The topological polar surface area (TPSA) is 68.5 Å². The molecule has 7 heteroatoms. The third-order valence-electron chi connectivity index (χ3n) is 3.74. The van der Waals surface area contributed by atoms with E-state index in [1.807, 2.05) is 36.4 Å². The molecule has 0 aliphatic carbocycles. The number of hydrogen-bond acceptors (Lipinski definition) is 5. The molecule has 0 aliphatic rings.